The van der Waals surface area contributed by atoms with E-state index in [2.05, 4.69) is 5.32 Å². The Hall–Kier alpha value is -1.06. The molecule has 3 amide bonds. The monoisotopic (exact) mass is 172 g/mol. The Morgan fingerprint density at radius 1 is 1.17 bits per heavy atom. The van der Waals surface area contributed by atoms with Crippen LogP contribution in [0.5, 0.6) is 0 Å². The van der Waals surface area contributed by atoms with Crippen molar-refractivity contribution < 1.29 is 9.59 Å². The number of amides is 3. The standard InChI is InChI=1S/C8H16N2O2/c1-8(2,3)6(11)9-7(12)10(4)5/h1-5H3,(H,9,11,12). The van der Waals surface area contributed by atoms with Crippen LogP contribution in [0.15, 0.2) is 0 Å². The third-order valence-corrected chi connectivity index (χ3v) is 1.31. The number of rotatable bonds is 0. The van der Waals surface area contributed by atoms with Crippen LogP contribution in [0.3, 0.4) is 0 Å². The number of urea groups is 1. The minimum atomic E-state index is -0.522. The maximum absolute atomic E-state index is 11.2. The van der Waals surface area contributed by atoms with Crippen molar-refractivity contribution in [1.29, 1.82) is 0 Å². The van der Waals surface area contributed by atoms with Gasteiger partial charge in [-0.15, -0.1) is 0 Å². The maximum atomic E-state index is 11.2. The number of carbonyl (C=O) groups excluding carboxylic acids is 2. The van der Waals surface area contributed by atoms with Crippen LogP contribution in [-0.4, -0.2) is 30.9 Å². The highest BCUT2D eigenvalue weighted by Gasteiger charge is 2.23. The second-order valence-corrected chi connectivity index (χ2v) is 3.90. The largest absolute Gasteiger partial charge is 0.331 e. The quantitative estimate of drug-likeness (QED) is 0.588. The lowest BCUT2D eigenvalue weighted by Crippen LogP contribution is -2.43. The zero-order chi connectivity index (χ0) is 9.94. The van der Waals surface area contributed by atoms with Gasteiger partial charge in [-0.2, -0.15) is 0 Å². The molecule has 0 unspecified atom stereocenters. The van der Waals surface area contributed by atoms with E-state index in [1.54, 1.807) is 34.9 Å². The van der Waals surface area contributed by atoms with Crippen molar-refractivity contribution in [2.24, 2.45) is 5.41 Å². The van der Waals surface area contributed by atoms with E-state index in [4.69, 9.17) is 0 Å². The second-order valence-electron chi connectivity index (χ2n) is 3.90. The summed E-state index contributed by atoms with van der Waals surface area (Å²) >= 11 is 0. The predicted octanol–water partition coefficient (Wildman–Crippen LogP) is 0.830. The first-order valence-electron chi connectivity index (χ1n) is 3.78. The molecule has 4 heteroatoms. The van der Waals surface area contributed by atoms with Crippen LogP contribution in [0.2, 0.25) is 0 Å². The summed E-state index contributed by atoms with van der Waals surface area (Å²) in [6.07, 6.45) is 0. The first kappa shape index (κ1) is 10.9. The Balaban J connectivity index is 4.12. The molecule has 1 N–H and O–H groups in total. The van der Waals surface area contributed by atoms with Gasteiger partial charge in [-0.1, -0.05) is 20.8 Å². The summed E-state index contributed by atoms with van der Waals surface area (Å²) in [6.45, 7) is 5.27. The van der Waals surface area contributed by atoms with Crippen LogP contribution in [0.4, 0.5) is 4.79 Å². The molecule has 0 rings (SSSR count). The van der Waals surface area contributed by atoms with E-state index in [9.17, 15) is 9.59 Å². The summed E-state index contributed by atoms with van der Waals surface area (Å²) in [4.78, 5) is 23.5. The van der Waals surface area contributed by atoms with Crippen molar-refractivity contribution in [1.82, 2.24) is 10.2 Å². The fourth-order valence-electron chi connectivity index (χ4n) is 0.396. The Kier molecular flexibility index (Phi) is 3.24. The number of imide groups is 1. The molecular weight excluding hydrogens is 156 g/mol. The van der Waals surface area contributed by atoms with E-state index in [0.717, 1.165) is 0 Å². The molecule has 0 atom stereocenters. The molecule has 0 aliphatic rings. The van der Waals surface area contributed by atoms with Gasteiger partial charge in [0.15, 0.2) is 0 Å². The average molecular weight is 172 g/mol. The molecule has 4 nitrogen and oxygen atoms in total. The zero-order valence-corrected chi connectivity index (χ0v) is 8.26. The molecule has 70 valence electrons. The molecule has 0 aliphatic carbocycles. The van der Waals surface area contributed by atoms with Crippen LogP contribution < -0.4 is 5.32 Å². The normalized spacial score (nSPS) is 10.8. The van der Waals surface area contributed by atoms with Crippen molar-refractivity contribution in [3.63, 3.8) is 0 Å². The van der Waals surface area contributed by atoms with Crippen LogP contribution in [0.1, 0.15) is 20.8 Å². The smallest absolute Gasteiger partial charge is 0.323 e. The van der Waals surface area contributed by atoms with Gasteiger partial charge < -0.3 is 4.90 Å². The lowest BCUT2D eigenvalue weighted by atomic mass is 9.96. The minimum Gasteiger partial charge on any atom is -0.331 e. The number of nitrogens with zero attached hydrogens (tertiary/aromatic N) is 1. The fraction of sp³-hybridized carbons (Fsp3) is 0.750. The van der Waals surface area contributed by atoms with Crippen molar-refractivity contribution in [2.75, 3.05) is 14.1 Å². The topological polar surface area (TPSA) is 49.4 Å². The van der Waals surface area contributed by atoms with Gasteiger partial charge >= 0.3 is 6.03 Å². The van der Waals surface area contributed by atoms with Crippen LogP contribution in [0.25, 0.3) is 0 Å². The summed E-state index contributed by atoms with van der Waals surface area (Å²) < 4.78 is 0. The van der Waals surface area contributed by atoms with E-state index >= 15 is 0 Å². The number of hydrogen-bond acceptors (Lipinski definition) is 2. The molecular formula is C8H16N2O2. The second kappa shape index (κ2) is 3.56. The third-order valence-electron chi connectivity index (χ3n) is 1.31. The number of carbonyl (C=O) groups is 2. The first-order chi connectivity index (χ1) is 5.25. The highest BCUT2D eigenvalue weighted by molar-refractivity contribution is 5.96. The predicted molar refractivity (Wildman–Crippen MR) is 46.7 cm³/mol. The van der Waals surface area contributed by atoms with Gasteiger partial charge in [-0.25, -0.2) is 4.79 Å². The van der Waals surface area contributed by atoms with Crippen molar-refractivity contribution in [3.8, 4) is 0 Å². The average Bonchev–Trinajstić information content (AvgIpc) is 1.85. The van der Waals surface area contributed by atoms with Gasteiger partial charge in [0, 0.05) is 19.5 Å². The molecule has 0 aromatic heterocycles. The molecule has 0 spiro atoms. The van der Waals surface area contributed by atoms with E-state index < -0.39 is 5.41 Å². The van der Waals surface area contributed by atoms with Crippen molar-refractivity contribution in [3.05, 3.63) is 0 Å². The van der Waals surface area contributed by atoms with Crippen LogP contribution in [-0.2, 0) is 4.79 Å². The SMILES string of the molecule is CN(C)C(=O)NC(=O)C(C)(C)C. The van der Waals surface area contributed by atoms with Gasteiger partial charge in [-0.05, 0) is 0 Å². The molecule has 0 heterocycles. The van der Waals surface area contributed by atoms with Gasteiger partial charge in [0.05, 0.1) is 0 Å². The summed E-state index contributed by atoms with van der Waals surface area (Å²) in [5, 5.41) is 2.27. The molecule has 0 aliphatic heterocycles. The molecule has 0 radical (unpaired) electrons. The number of hydrogen-bond donors (Lipinski definition) is 1. The first-order valence-corrected chi connectivity index (χ1v) is 3.78. The summed E-state index contributed by atoms with van der Waals surface area (Å²) in [6, 6.07) is -0.380. The lowest BCUT2D eigenvalue weighted by molar-refractivity contribution is -0.127. The van der Waals surface area contributed by atoms with Gasteiger partial charge in [0.2, 0.25) is 5.91 Å². The highest BCUT2D eigenvalue weighted by Crippen LogP contribution is 2.12. The molecule has 0 fully saturated rings. The van der Waals surface area contributed by atoms with Crippen LogP contribution >= 0.6 is 0 Å². The highest BCUT2D eigenvalue weighted by atomic mass is 16.2. The molecule has 0 bridgehead atoms. The Labute approximate surface area is 72.9 Å². The molecule has 0 aromatic rings. The third kappa shape index (κ3) is 3.37. The fourth-order valence-corrected chi connectivity index (χ4v) is 0.396. The van der Waals surface area contributed by atoms with Crippen molar-refractivity contribution >= 4 is 11.9 Å². The van der Waals surface area contributed by atoms with Crippen molar-refractivity contribution in [2.45, 2.75) is 20.8 Å². The summed E-state index contributed by atoms with van der Waals surface area (Å²) in [5.41, 5.74) is -0.522. The zero-order valence-electron chi connectivity index (χ0n) is 8.26. The molecule has 12 heavy (non-hydrogen) atoms. The van der Waals surface area contributed by atoms with Gasteiger partial charge in [-0.3, -0.25) is 10.1 Å². The summed E-state index contributed by atoms with van der Waals surface area (Å²) in [7, 11) is 3.18. The minimum absolute atomic E-state index is 0.263. The van der Waals surface area contributed by atoms with Gasteiger partial charge in [0.25, 0.3) is 0 Å². The maximum Gasteiger partial charge on any atom is 0.323 e. The van der Waals surface area contributed by atoms with E-state index in [0.29, 0.717) is 0 Å². The Bertz CT molecular complexity index is 192. The Morgan fingerprint density at radius 3 is 1.83 bits per heavy atom. The van der Waals surface area contributed by atoms with Crippen LogP contribution in [0, 0.1) is 5.41 Å². The number of nitrogens with one attached hydrogen (secondary N) is 1. The molecule has 0 saturated heterocycles. The van der Waals surface area contributed by atoms with E-state index in [1.165, 1.54) is 4.90 Å². The van der Waals surface area contributed by atoms with E-state index in [1.807, 2.05) is 0 Å². The van der Waals surface area contributed by atoms with E-state index in [-0.39, 0.29) is 11.9 Å². The Morgan fingerprint density at radius 2 is 1.58 bits per heavy atom. The molecule has 0 aromatic carbocycles. The summed E-state index contributed by atoms with van der Waals surface area (Å²) in [5.74, 6) is -0.263. The lowest BCUT2D eigenvalue weighted by Gasteiger charge is -2.18. The molecule has 0 saturated carbocycles. The van der Waals surface area contributed by atoms with Gasteiger partial charge in [0.1, 0.15) is 0 Å².